The number of aryl methyl sites for hydroxylation is 2. The Hall–Kier alpha value is -1.74. The minimum Gasteiger partial charge on any atom is -0.323 e. The lowest BCUT2D eigenvalue weighted by Gasteiger charge is -2.15. The first kappa shape index (κ1) is 14.7. The third kappa shape index (κ3) is 3.05. The molecule has 0 spiro atoms. The van der Waals surface area contributed by atoms with Crippen LogP contribution in [0.3, 0.4) is 0 Å². The van der Waals surface area contributed by atoms with Crippen molar-refractivity contribution in [2.24, 2.45) is 5.73 Å². The molecule has 2 aromatic rings. The van der Waals surface area contributed by atoms with Crippen LogP contribution in [-0.4, -0.2) is 0 Å². The smallest absolute Gasteiger partial charge is 0.133 e. The Kier molecular flexibility index (Phi) is 4.50. The van der Waals surface area contributed by atoms with Gasteiger partial charge in [0, 0.05) is 11.6 Å². The summed E-state index contributed by atoms with van der Waals surface area (Å²) in [5.41, 5.74) is 8.59. The van der Waals surface area contributed by atoms with E-state index in [4.69, 9.17) is 5.73 Å². The Morgan fingerprint density at radius 2 is 1.60 bits per heavy atom. The quantitative estimate of drug-likeness (QED) is 0.894. The molecule has 2 N–H and O–H groups in total. The molecule has 20 heavy (non-hydrogen) atoms. The minimum atomic E-state index is -0.678. The number of hydrogen-bond acceptors (Lipinski definition) is 1. The van der Waals surface area contributed by atoms with E-state index in [0.717, 1.165) is 12.0 Å². The second-order valence-electron chi connectivity index (χ2n) is 5.07. The monoisotopic (exact) mass is 275 g/mol. The lowest BCUT2D eigenvalue weighted by molar-refractivity contribution is 0.520. The van der Waals surface area contributed by atoms with Gasteiger partial charge in [-0.25, -0.2) is 8.78 Å². The maximum atomic E-state index is 14.0. The van der Waals surface area contributed by atoms with Crippen LogP contribution in [0.5, 0.6) is 0 Å². The standard InChI is InChI=1S/C17H19F2N/c1-3-12-5-7-13(8-6-12)10-15(20)16-14(18)9-4-11(2)17(16)19/h4-9,15H,3,10,20H2,1-2H3. The van der Waals surface area contributed by atoms with E-state index >= 15 is 0 Å². The van der Waals surface area contributed by atoms with E-state index in [1.54, 1.807) is 6.92 Å². The fourth-order valence-corrected chi connectivity index (χ4v) is 2.29. The molecule has 0 aliphatic heterocycles. The zero-order valence-electron chi connectivity index (χ0n) is 11.8. The number of halogens is 2. The molecule has 0 bridgehead atoms. The number of hydrogen-bond donors (Lipinski definition) is 1. The van der Waals surface area contributed by atoms with E-state index in [1.165, 1.54) is 17.7 Å². The van der Waals surface area contributed by atoms with Crippen molar-refractivity contribution in [3.63, 3.8) is 0 Å². The second-order valence-corrected chi connectivity index (χ2v) is 5.07. The first-order valence-electron chi connectivity index (χ1n) is 6.80. The Balaban J connectivity index is 2.23. The van der Waals surface area contributed by atoms with Gasteiger partial charge >= 0.3 is 0 Å². The van der Waals surface area contributed by atoms with Crippen molar-refractivity contribution in [1.82, 2.24) is 0 Å². The molecule has 106 valence electrons. The summed E-state index contributed by atoms with van der Waals surface area (Å²) in [6, 6.07) is 9.98. The Morgan fingerprint density at radius 3 is 2.20 bits per heavy atom. The fraction of sp³-hybridized carbons (Fsp3) is 0.294. The van der Waals surface area contributed by atoms with Gasteiger partial charge in [-0.15, -0.1) is 0 Å². The zero-order valence-corrected chi connectivity index (χ0v) is 11.8. The lowest BCUT2D eigenvalue weighted by Crippen LogP contribution is -2.17. The minimum absolute atomic E-state index is 0.0235. The summed E-state index contributed by atoms with van der Waals surface area (Å²) >= 11 is 0. The highest BCUT2D eigenvalue weighted by Crippen LogP contribution is 2.24. The molecule has 0 aliphatic carbocycles. The predicted molar refractivity (Wildman–Crippen MR) is 77.5 cm³/mol. The summed E-state index contributed by atoms with van der Waals surface area (Å²) in [6.45, 7) is 3.69. The molecule has 0 aliphatic rings. The van der Waals surface area contributed by atoms with E-state index in [2.05, 4.69) is 6.92 Å². The Morgan fingerprint density at radius 1 is 1.00 bits per heavy atom. The molecule has 0 heterocycles. The summed E-state index contributed by atoms with van der Waals surface area (Å²) in [4.78, 5) is 0. The fourth-order valence-electron chi connectivity index (χ4n) is 2.29. The summed E-state index contributed by atoms with van der Waals surface area (Å²) in [6.07, 6.45) is 1.38. The molecule has 0 radical (unpaired) electrons. The summed E-state index contributed by atoms with van der Waals surface area (Å²) in [7, 11) is 0. The molecule has 2 rings (SSSR count). The van der Waals surface area contributed by atoms with Crippen molar-refractivity contribution in [1.29, 1.82) is 0 Å². The number of nitrogens with two attached hydrogens (primary N) is 1. The van der Waals surface area contributed by atoms with Gasteiger partial charge in [-0.1, -0.05) is 37.3 Å². The molecule has 0 aromatic heterocycles. The van der Waals surface area contributed by atoms with Crippen LogP contribution >= 0.6 is 0 Å². The van der Waals surface area contributed by atoms with Crippen LogP contribution in [0.15, 0.2) is 36.4 Å². The van der Waals surface area contributed by atoms with Crippen LogP contribution in [-0.2, 0) is 12.8 Å². The first-order valence-corrected chi connectivity index (χ1v) is 6.80. The molecule has 0 amide bonds. The van der Waals surface area contributed by atoms with Gasteiger partial charge in [-0.3, -0.25) is 0 Å². The van der Waals surface area contributed by atoms with Crippen LogP contribution in [0.1, 0.15) is 35.2 Å². The summed E-state index contributed by atoms with van der Waals surface area (Å²) in [5.74, 6) is -1.12. The summed E-state index contributed by atoms with van der Waals surface area (Å²) < 4.78 is 27.8. The van der Waals surface area contributed by atoms with E-state index in [9.17, 15) is 8.78 Å². The molecule has 3 heteroatoms. The van der Waals surface area contributed by atoms with Crippen LogP contribution < -0.4 is 5.73 Å². The molecule has 0 saturated heterocycles. The van der Waals surface area contributed by atoms with Gasteiger partial charge in [-0.05, 0) is 42.5 Å². The maximum absolute atomic E-state index is 14.0. The average Bonchev–Trinajstić information content (AvgIpc) is 2.44. The molecule has 1 unspecified atom stereocenters. The van der Waals surface area contributed by atoms with Gasteiger partial charge in [-0.2, -0.15) is 0 Å². The van der Waals surface area contributed by atoms with E-state index < -0.39 is 17.7 Å². The van der Waals surface area contributed by atoms with Crippen molar-refractivity contribution in [2.45, 2.75) is 32.7 Å². The lowest BCUT2D eigenvalue weighted by atomic mass is 9.96. The first-order chi connectivity index (χ1) is 9.52. The Bertz CT molecular complexity index is 591. The molecular weight excluding hydrogens is 256 g/mol. The van der Waals surface area contributed by atoms with Gasteiger partial charge < -0.3 is 5.73 Å². The van der Waals surface area contributed by atoms with Gasteiger partial charge in [0.2, 0.25) is 0 Å². The third-order valence-electron chi connectivity index (χ3n) is 3.58. The third-order valence-corrected chi connectivity index (χ3v) is 3.58. The van der Waals surface area contributed by atoms with Crippen LogP contribution in [0.4, 0.5) is 8.78 Å². The SMILES string of the molecule is CCc1ccc(CC(N)c2c(F)ccc(C)c2F)cc1. The normalized spacial score (nSPS) is 12.4. The van der Waals surface area contributed by atoms with Gasteiger partial charge in [0.15, 0.2) is 0 Å². The molecular formula is C17H19F2N. The van der Waals surface area contributed by atoms with Crippen LogP contribution in [0.25, 0.3) is 0 Å². The van der Waals surface area contributed by atoms with Crippen molar-refractivity contribution >= 4 is 0 Å². The largest absolute Gasteiger partial charge is 0.323 e. The van der Waals surface area contributed by atoms with E-state index in [0.29, 0.717) is 12.0 Å². The molecule has 1 nitrogen and oxygen atoms in total. The highest BCUT2D eigenvalue weighted by atomic mass is 19.1. The summed E-state index contributed by atoms with van der Waals surface area (Å²) in [5, 5.41) is 0. The zero-order chi connectivity index (χ0) is 14.7. The van der Waals surface area contributed by atoms with Crippen LogP contribution in [0.2, 0.25) is 0 Å². The van der Waals surface area contributed by atoms with Gasteiger partial charge in [0.25, 0.3) is 0 Å². The number of benzene rings is 2. The molecule has 2 aromatic carbocycles. The van der Waals surface area contributed by atoms with Gasteiger partial charge in [0.05, 0.1) is 0 Å². The van der Waals surface area contributed by atoms with Crippen molar-refractivity contribution < 1.29 is 8.78 Å². The van der Waals surface area contributed by atoms with E-state index in [1.807, 2.05) is 24.3 Å². The van der Waals surface area contributed by atoms with E-state index in [-0.39, 0.29) is 5.56 Å². The molecule has 1 atom stereocenters. The molecule has 0 saturated carbocycles. The second kappa shape index (κ2) is 6.14. The topological polar surface area (TPSA) is 26.0 Å². The number of rotatable bonds is 4. The van der Waals surface area contributed by atoms with Crippen molar-refractivity contribution in [2.75, 3.05) is 0 Å². The maximum Gasteiger partial charge on any atom is 0.133 e. The predicted octanol–water partition coefficient (Wildman–Crippen LogP) is 4.08. The average molecular weight is 275 g/mol. The van der Waals surface area contributed by atoms with Crippen molar-refractivity contribution in [3.8, 4) is 0 Å². The highest BCUT2D eigenvalue weighted by Gasteiger charge is 2.18. The van der Waals surface area contributed by atoms with Crippen LogP contribution in [0, 0.1) is 18.6 Å². The Labute approximate surface area is 118 Å². The highest BCUT2D eigenvalue weighted by molar-refractivity contribution is 5.31. The van der Waals surface area contributed by atoms with Gasteiger partial charge in [0.1, 0.15) is 11.6 Å². The van der Waals surface area contributed by atoms with Crippen molar-refractivity contribution in [3.05, 3.63) is 70.3 Å². The molecule has 0 fully saturated rings.